The van der Waals surface area contributed by atoms with Crippen LogP contribution in [0.5, 0.6) is 11.5 Å². The van der Waals surface area contributed by atoms with E-state index in [1.54, 1.807) is 49.6 Å². The number of hydrogen-bond donors (Lipinski definition) is 2. The van der Waals surface area contributed by atoms with Gasteiger partial charge in [0.1, 0.15) is 17.5 Å². The Hall–Kier alpha value is -3.55. The number of imide groups is 1. The first kappa shape index (κ1) is 19.2. The maximum absolute atomic E-state index is 12.8. The van der Waals surface area contributed by atoms with Crippen molar-refractivity contribution in [2.45, 2.75) is 19.4 Å². The second-order valence-corrected chi connectivity index (χ2v) is 6.26. The fourth-order valence-electron chi connectivity index (χ4n) is 3.04. The Labute approximate surface area is 162 Å². The number of nitrogens with zero attached hydrogens (tertiary/aromatic N) is 1. The minimum Gasteiger partial charge on any atom is -0.497 e. The average molecular weight is 383 g/mol. The molecule has 2 aromatic rings. The van der Waals surface area contributed by atoms with Crippen molar-refractivity contribution in [2.75, 3.05) is 29.8 Å². The van der Waals surface area contributed by atoms with Gasteiger partial charge in [0.25, 0.3) is 5.91 Å². The number of rotatable bonds is 6. The molecule has 1 saturated heterocycles. The molecule has 0 spiro atoms. The van der Waals surface area contributed by atoms with Crippen molar-refractivity contribution in [1.29, 1.82) is 0 Å². The van der Waals surface area contributed by atoms with Gasteiger partial charge in [-0.05, 0) is 42.5 Å². The van der Waals surface area contributed by atoms with E-state index < -0.39 is 6.04 Å². The van der Waals surface area contributed by atoms with E-state index in [1.807, 2.05) is 0 Å². The summed E-state index contributed by atoms with van der Waals surface area (Å²) in [6, 6.07) is 11.0. The van der Waals surface area contributed by atoms with Gasteiger partial charge in [-0.15, -0.1) is 0 Å². The van der Waals surface area contributed by atoms with Gasteiger partial charge in [-0.2, -0.15) is 0 Å². The fourth-order valence-corrected chi connectivity index (χ4v) is 3.04. The van der Waals surface area contributed by atoms with Crippen molar-refractivity contribution in [1.82, 2.24) is 0 Å². The van der Waals surface area contributed by atoms with E-state index in [-0.39, 0.29) is 24.1 Å². The molecule has 2 aromatic carbocycles. The summed E-state index contributed by atoms with van der Waals surface area (Å²) >= 11 is 0. The summed E-state index contributed by atoms with van der Waals surface area (Å²) < 4.78 is 10.4. The van der Waals surface area contributed by atoms with Crippen molar-refractivity contribution in [3.63, 3.8) is 0 Å². The lowest BCUT2D eigenvalue weighted by molar-refractivity contribution is -0.121. The number of ether oxygens (including phenoxy) is 2. The number of methoxy groups -OCH3 is 2. The average Bonchev–Trinajstić information content (AvgIpc) is 2.95. The lowest BCUT2D eigenvalue weighted by Crippen LogP contribution is -2.34. The molecule has 28 heavy (non-hydrogen) atoms. The van der Waals surface area contributed by atoms with Crippen LogP contribution in [0.3, 0.4) is 0 Å². The fraction of sp³-hybridized carbons (Fsp3) is 0.250. The van der Waals surface area contributed by atoms with Gasteiger partial charge < -0.3 is 20.1 Å². The summed E-state index contributed by atoms with van der Waals surface area (Å²) in [5.41, 5.74) is 1.55. The Balaban J connectivity index is 1.82. The molecule has 0 unspecified atom stereocenters. The molecule has 0 saturated carbocycles. The third-order valence-corrected chi connectivity index (χ3v) is 4.33. The summed E-state index contributed by atoms with van der Waals surface area (Å²) in [6.07, 6.45) is 0.0123. The number of carbonyl (C=O) groups is 3. The Morgan fingerprint density at radius 3 is 2.39 bits per heavy atom. The van der Waals surface area contributed by atoms with Crippen LogP contribution >= 0.6 is 0 Å². The van der Waals surface area contributed by atoms with Crippen LogP contribution in [-0.4, -0.2) is 38.0 Å². The molecule has 8 heteroatoms. The first-order valence-corrected chi connectivity index (χ1v) is 8.66. The highest BCUT2D eigenvalue weighted by Gasteiger charge is 2.39. The Bertz CT molecular complexity index is 911. The molecule has 2 N–H and O–H groups in total. The first-order chi connectivity index (χ1) is 13.4. The van der Waals surface area contributed by atoms with Crippen LogP contribution in [0, 0.1) is 0 Å². The summed E-state index contributed by atoms with van der Waals surface area (Å²) in [4.78, 5) is 37.7. The lowest BCUT2D eigenvalue weighted by atomic mass is 10.2. The Morgan fingerprint density at radius 1 is 1.07 bits per heavy atom. The second-order valence-electron chi connectivity index (χ2n) is 6.26. The molecule has 1 atom stereocenters. The van der Waals surface area contributed by atoms with E-state index in [0.717, 1.165) is 4.90 Å². The van der Waals surface area contributed by atoms with Crippen LogP contribution < -0.4 is 25.0 Å². The lowest BCUT2D eigenvalue weighted by Gasteiger charge is -2.18. The SMILES string of the molecule is COc1ccc(N2C(=O)C[C@@H](Nc3cc(NC(C)=O)ccc3OC)C2=O)cc1. The number of anilines is 3. The van der Waals surface area contributed by atoms with Gasteiger partial charge in [0.15, 0.2) is 0 Å². The normalized spacial score (nSPS) is 16.1. The van der Waals surface area contributed by atoms with Crippen LogP contribution in [0.25, 0.3) is 0 Å². The third-order valence-electron chi connectivity index (χ3n) is 4.33. The van der Waals surface area contributed by atoms with E-state index in [0.29, 0.717) is 28.6 Å². The highest BCUT2D eigenvalue weighted by Crippen LogP contribution is 2.32. The predicted octanol–water partition coefficient (Wildman–Crippen LogP) is 2.41. The molecule has 1 fully saturated rings. The second kappa shape index (κ2) is 7.99. The molecular weight excluding hydrogens is 362 g/mol. The molecule has 0 bridgehead atoms. The molecule has 3 rings (SSSR count). The van der Waals surface area contributed by atoms with Crippen LogP contribution in [0.15, 0.2) is 42.5 Å². The van der Waals surface area contributed by atoms with Gasteiger partial charge in [-0.1, -0.05) is 0 Å². The van der Waals surface area contributed by atoms with Crippen molar-refractivity contribution in [3.8, 4) is 11.5 Å². The predicted molar refractivity (Wildman–Crippen MR) is 105 cm³/mol. The van der Waals surface area contributed by atoms with Gasteiger partial charge >= 0.3 is 0 Å². The van der Waals surface area contributed by atoms with Gasteiger partial charge in [0.05, 0.1) is 32.0 Å². The maximum atomic E-state index is 12.8. The zero-order chi connectivity index (χ0) is 20.3. The van der Waals surface area contributed by atoms with Crippen molar-refractivity contribution in [2.24, 2.45) is 0 Å². The third kappa shape index (κ3) is 3.90. The summed E-state index contributed by atoms with van der Waals surface area (Å²) in [5.74, 6) is 0.259. The Kier molecular flexibility index (Phi) is 5.49. The topological polar surface area (TPSA) is 97.0 Å². The highest BCUT2D eigenvalue weighted by atomic mass is 16.5. The molecule has 3 amide bonds. The first-order valence-electron chi connectivity index (χ1n) is 8.66. The van der Waals surface area contributed by atoms with Gasteiger partial charge in [-0.3, -0.25) is 14.4 Å². The largest absolute Gasteiger partial charge is 0.497 e. The van der Waals surface area contributed by atoms with Gasteiger partial charge in [0, 0.05) is 12.6 Å². The number of amides is 3. The molecule has 8 nitrogen and oxygen atoms in total. The molecule has 0 radical (unpaired) electrons. The van der Waals surface area contributed by atoms with Gasteiger partial charge in [0.2, 0.25) is 11.8 Å². The molecule has 0 aromatic heterocycles. The summed E-state index contributed by atoms with van der Waals surface area (Å²) in [7, 11) is 3.05. The number of benzene rings is 2. The quantitative estimate of drug-likeness (QED) is 0.744. The Morgan fingerprint density at radius 2 is 1.79 bits per heavy atom. The monoisotopic (exact) mass is 383 g/mol. The molecular formula is C20H21N3O5. The van der Waals surface area contributed by atoms with Crippen molar-refractivity contribution < 1.29 is 23.9 Å². The minimum absolute atomic E-state index is 0.0123. The zero-order valence-electron chi connectivity index (χ0n) is 15.8. The molecule has 146 valence electrons. The van der Waals surface area contributed by atoms with E-state index in [1.165, 1.54) is 14.0 Å². The molecule has 1 heterocycles. The standard InChI is InChI=1S/C20H21N3O5/c1-12(24)21-13-4-9-18(28-3)16(10-13)22-17-11-19(25)23(20(17)26)14-5-7-15(27-2)8-6-14/h4-10,17,22H,11H2,1-3H3,(H,21,24)/t17-/m1/s1. The highest BCUT2D eigenvalue weighted by molar-refractivity contribution is 6.23. The number of carbonyl (C=O) groups excluding carboxylic acids is 3. The zero-order valence-corrected chi connectivity index (χ0v) is 15.8. The van der Waals surface area contributed by atoms with Crippen LogP contribution in [0.1, 0.15) is 13.3 Å². The minimum atomic E-state index is -0.740. The maximum Gasteiger partial charge on any atom is 0.256 e. The molecule has 1 aliphatic rings. The van der Waals surface area contributed by atoms with Gasteiger partial charge in [-0.25, -0.2) is 4.90 Å². The van der Waals surface area contributed by atoms with E-state index >= 15 is 0 Å². The smallest absolute Gasteiger partial charge is 0.256 e. The van der Waals surface area contributed by atoms with E-state index in [2.05, 4.69) is 10.6 Å². The molecule has 1 aliphatic heterocycles. The van der Waals surface area contributed by atoms with Crippen LogP contribution in [-0.2, 0) is 14.4 Å². The van der Waals surface area contributed by atoms with Crippen LogP contribution in [0.2, 0.25) is 0 Å². The van der Waals surface area contributed by atoms with E-state index in [4.69, 9.17) is 9.47 Å². The van der Waals surface area contributed by atoms with E-state index in [9.17, 15) is 14.4 Å². The van der Waals surface area contributed by atoms with Crippen LogP contribution in [0.4, 0.5) is 17.1 Å². The molecule has 0 aliphatic carbocycles. The summed E-state index contributed by atoms with van der Waals surface area (Å²) in [5, 5.41) is 5.74. The summed E-state index contributed by atoms with van der Waals surface area (Å²) in [6.45, 7) is 1.41. The number of hydrogen-bond acceptors (Lipinski definition) is 6. The van der Waals surface area contributed by atoms with Crippen molar-refractivity contribution in [3.05, 3.63) is 42.5 Å². The number of nitrogens with one attached hydrogen (secondary N) is 2. The van der Waals surface area contributed by atoms with Crippen molar-refractivity contribution >= 4 is 34.8 Å².